The Morgan fingerprint density at radius 1 is 1.23 bits per heavy atom. The maximum atomic E-state index is 12.1. The lowest BCUT2D eigenvalue weighted by Crippen LogP contribution is -2.50. The van der Waals surface area contributed by atoms with Crippen molar-refractivity contribution >= 4 is 10.1 Å². The van der Waals surface area contributed by atoms with Crippen LogP contribution in [-0.2, 0) is 19.0 Å². The van der Waals surface area contributed by atoms with Crippen molar-refractivity contribution in [3.63, 3.8) is 0 Å². The van der Waals surface area contributed by atoms with Crippen molar-refractivity contribution < 1.29 is 37.8 Å². The van der Waals surface area contributed by atoms with E-state index < -0.39 is 47.4 Å². The van der Waals surface area contributed by atoms with Crippen LogP contribution in [0, 0.1) is 6.92 Å². The van der Waals surface area contributed by atoms with Crippen LogP contribution < -0.4 is 0 Å². The monoisotopic (exact) mass is 334 g/mol. The van der Waals surface area contributed by atoms with E-state index in [1.807, 2.05) is 0 Å². The molecule has 8 nitrogen and oxygen atoms in total. The fraction of sp³-hybridized carbons (Fsp3) is 0.538. The normalized spacial score (nSPS) is 32.3. The van der Waals surface area contributed by atoms with Crippen LogP contribution in [0.2, 0.25) is 0 Å². The third-order valence-electron chi connectivity index (χ3n) is 3.55. The lowest BCUT2D eigenvalue weighted by atomic mass is 9.97. The Hall–Kier alpha value is -1.07. The molecule has 124 valence electrons. The Morgan fingerprint density at radius 3 is 2.27 bits per heavy atom. The van der Waals surface area contributed by atoms with Crippen LogP contribution in [0.4, 0.5) is 0 Å². The Morgan fingerprint density at radius 2 is 1.82 bits per heavy atom. The molecule has 22 heavy (non-hydrogen) atoms. The Labute approximate surface area is 127 Å². The molecule has 0 aliphatic carbocycles. The predicted molar refractivity (Wildman–Crippen MR) is 73.2 cm³/mol. The standard InChI is InChI=1S/C13H18O8S/c1-8-2-4-9(5-3-8)22(18,19)20-7-13(6-14)11(16)10(15)12(17)21-13/h2-5,10-12,14-17H,6-7H2,1H3/t10-,11+,12?,13+/m1/s1. The molecule has 1 aliphatic rings. The molecule has 1 fully saturated rings. The van der Waals surface area contributed by atoms with Gasteiger partial charge in [0.05, 0.1) is 11.5 Å². The van der Waals surface area contributed by atoms with Gasteiger partial charge in [0, 0.05) is 0 Å². The summed E-state index contributed by atoms with van der Waals surface area (Å²) in [5.41, 5.74) is -1.05. The zero-order valence-electron chi connectivity index (χ0n) is 11.8. The Kier molecular flexibility index (Phi) is 4.87. The molecule has 0 saturated carbocycles. The van der Waals surface area contributed by atoms with Crippen molar-refractivity contribution in [2.24, 2.45) is 0 Å². The molecule has 1 heterocycles. The summed E-state index contributed by atoms with van der Waals surface area (Å²) in [6.45, 7) is 0.199. The lowest BCUT2D eigenvalue weighted by Gasteiger charge is -2.28. The molecular weight excluding hydrogens is 316 g/mol. The second kappa shape index (κ2) is 6.20. The van der Waals surface area contributed by atoms with Gasteiger partial charge >= 0.3 is 0 Å². The van der Waals surface area contributed by atoms with Gasteiger partial charge in [0.15, 0.2) is 6.29 Å². The predicted octanol–water partition coefficient (Wildman–Crippen LogP) is -1.50. The highest BCUT2D eigenvalue weighted by Gasteiger charge is 2.54. The summed E-state index contributed by atoms with van der Waals surface area (Å²) in [5.74, 6) is 0. The van der Waals surface area contributed by atoms with Gasteiger partial charge < -0.3 is 25.2 Å². The van der Waals surface area contributed by atoms with Crippen LogP contribution in [0.5, 0.6) is 0 Å². The maximum absolute atomic E-state index is 12.1. The summed E-state index contributed by atoms with van der Waals surface area (Å²) in [5, 5.41) is 38.0. The molecule has 9 heteroatoms. The topological polar surface area (TPSA) is 134 Å². The second-order valence-corrected chi connectivity index (χ2v) is 6.81. The van der Waals surface area contributed by atoms with Crippen molar-refractivity contribution in [3.8, 4) is 0 Å². The summed E-state index contributed by atoms with van der Waals surface area (Å²) < 4.78 is 33.8. The quantitative estimate of drug-likeness (QED) is 0.478. The third-order valence-corrected chi connectivity index (χ3v) is 4.82. The molecule has 1 aliphatic heterocycles. The van der Waals surface area contributed by atoms with Gasteiger partial charge in [-0.3, -0.25) is 4.18 Å². The van der Waals surface area contributed by atoms with E-state index in [1.165, 1.54) is 12.1 Å². The first kappa shape index (κ1) is 17.3. The largest absolute Gasteiger partial charge is 0.393 e. The Balaban J connectivity index is 2.15. The molecule has 2 rings (SSSR count). The summed E-state index contributed by atoms with van der Waals surface area (Å²) in [6, 6.07) is 5.89. The number of aryl methyl sites for hydroxylation is 1. The number of benzene rings is 1. The van der Waals surface area contributed by atoms with E-state index in [1.54, 1.807) is 19.1 Å². The molecular formula is C13H18O8S. The first-order valence-corrected chi connectivity index (χ1v) is 7.92. The minimum atomic E-state index is -4.14. The van der Waals surface area contributed by atoms with Crippen molar-refractivity contribution in [1.29, 1.82) is 0 Å². The molecule has 0 amide bonds. The van der Waals surface area contributed by atoms with Crippen LogP contribution in [0.15, 0.2) is 29.2 Å². The van der Waals surface area contributed by atoms with Crippen molar-refractivity contribution in [2.75, 3.05) is 13.2 Å². The fourth-order valence-corrected chi connectivity index (χ4v) is 3.05. The number of rotatable bonds is 5. The summed E-state index contributed by atoms with van der Waals surface area (Å²) in [6.07, 6.45) is -5.11. The molecule has 1 aromatic carbocycles. The fourth-order valence-electron chi connectivity index (χ4n) is 2.09. The SMILES string of the molecule is Cc1ccc(S(=O)(=O)OC[C@]2(CO)OC(O)[C@H](O)[C@@H]2O)cc1. The zero-order valence-corrected chi connectivity index (χ0v) is 12.6. The van der Waals surface area contributed by atoms with Crippen molar-refractivity contribution in [1.82, 2.24) is 0 Å². The van der Waals surface area contributed by atoms with E-state index >= 15 is 0 Å². The summed E-state index contributed by atoms with van der Waals surface area (Å²) in [4.78, 5) is -0.0974. The van der Waals surface area contributed by atoms with Gasteiger partial charge in [-0.2, -0.15) is 8.42 Å². The molecule has 1 aromatic rings. The Bertz CT molecular complexity index is 613. The van der Waals surface area contributed by atoms with E-state index in [4.69, 9.17) is 8.92 Å². The highest BCUT2D eigenvalue weighted by atomic mass is 32.2. The molecule has 0 spiro atoms. The minimum Gasteiger partial charge on any atom is -0.393 e. The molecule has 0 radical (unpaired) electrons. The number of aliphatic hydroxyl groups is 4. The van der Waals surface area contributed by atoms with E-state index in [0.29, 0.717) is 0 Å². The number of hydrogen-bond donors (Lipinski definition) is 4. The summed E-state index contributed by atoms with van der Waals surface area (Å²) in [7, 11) is -4.14. The second-order valence-electron chi connectivity index (χ2n) is 5.20. The van der Waals surface area contributed by atoms with Crippen molar-refractivity contribution in [3.05, 3.63) is 29.8 Å². The van der Waals surface area contributed by atoms with Crippen molar-refractivity contribution in [2.45, 2.75) is 35.9 Å². The van der Waals surface area contributed by atoms with Gasteiger partial charge in [-0.25, -0.2) is 0 Å². The first-order chi connectivity index (χ1) is 10.2. The third kappa shape index (κ3) is 3.15. The average molecular weight is 334 g/mol. The zero-order chi connectivity index (χ0) is 16.5. The van der Waals surface area contributed by atoms with Crippen LogP contribution in [-0.4, -0.2) is 66.2 Å². The molecule has 1 unspecified atom stereocenters. The molecule has 4 atom stereocenters. The van der Waals surface area contributed by atoms with E-state index in [9.17, 15) is 28.8 Å². The van der Waals surface area contributed by atoms with E-state index in [-0.39, 0.29) is 4.90 Å². The molecule has 4 N–H and O–H groups in total. The number of aliphatic hydroxyl groups excluding tert-OH is 4. The van der Waals surface area contributed by atoms with Crippen LogP contribution in [0.25, 0.3) is 0 Å². The number of hydrogen-bond acceptors (Lipinski definition) is 8. The van der Waals surface area contributed by atoms with E-state index in [2.05, 4.69) is 0 Å². The van der Waals surface area contributed by atoms with Gasteiger partial charge in [-0.15, -0.1) is 0 Å². The number of ether oxygens (including phenoxy) is 1. The molecule has 1 saturated heterocycles. The van der Waals surface area contributed by atoms with Gasteiger partial charge in [0.2, 0.25) is 0 Å². The van der Waals surface area contributed by atoms with Crippen LogP contribution >= 0.6 is 0 Å². The molecule has 0 bridgehead atoms. The van der Waals surface area contributed by atoms with Gasteiger partial charge in [-0.1, -0.05) is 17.7 Å². The smallest absolute Gasteiger partial charge is 0.297 e. The van der Waals surface area contributed by atoms with E-state index in [0.717, 1.165) is 5.56 Å². The van der Waals surface area contributed by atoms with Gasteiger partial charge in [0.25, 0.3) is 10.1 Å². The average Bonchev–Trinajstić information content (AvgIpc) is 2.70. The van der Waals surface area contributed by atoms with Crippen LogP contribution in [0.1, 0.15) is 5.56 Å². The first-order valence-electron chi connectivity index (χ1n) is 6.51. The highest BCUT2D eigenvalue weighted by molar-refractivity contribution is 7.86. The summed E-state index contributed by atoms with van der Waals surface area (Å²) >= 11 is 0. The maximum Gasteiger partial charge on any atom is 0.297 e. The minimum absolute atomic E-state index is 0.0974. The van der Waals surface area contributed by atoms with Gasteiger partial charge in [0.1, 0.15) is 24.4 Å². The highest BCUT2D eigenvalue weighted by Crippen LogP contribution is 2.31. The molecule has 0 aromatic heterocycles. The van der Waals surface area contributed by atoms with Crippen LogP contribution in [0.3, 0.4) is 0 Å². The lowest BCUT2D eigenvalue weighted by molar-refractivity contribution is -0.184. The van der Waals surface area contributed by atoms with Gasteiger partial charge in [-0.05, 0) is 19.1 Å².